The van der Waals surface area contributed by atoms with Crippen LogP contribution >= 0.6 is 0 Å². The second kappa shape index (κ2) is 23.0. The third-order valence-corrected chi connectivity index (χ3v) is 19.2. The Hall–Kier alpha value is -9.46. The van der Waals surface area contributed by atoms with Gasteiger partial charge in [-0.25, -0.2) is 4.98 Å². The van der Waals surface area contributed by atoms with Crippen molar-refractivity contribution in [1.29, 1.82) is 0 Å². The van der Waals surface area contributed by atoms with E-state index in [9.17, 15) is 0 Å². The largest absolute Gasteiger partial charge is 0.457 e. The molecule has 0 saturated carbocycles. The number of nitrogens with zero attached hydrogens (tertiary/aromatic N) is 6. The van der Waals surface area contributed by atoms with E-state index in [1.54, 1.807) is 42.5 Å². The van der Waals surface area contributed by atoms with Crippen molar-refractivity contribution in [2.45, 2.75) is 130 Å². The van der Waals surface area contributed by atoms with Gasteiger partial charge in [0.2, 0.25) is 0 Å². The summed E-state index contributed by atoms with van der Waals surface area (Å²) in [5, 5.41) is 1.89. The Balaban J connectivity index is 0.944. The standard InChI is InChI=1S/C84H86B2N6O/c1-80(2,3)59-35-38-74-68(49-59)65-37-36-63(54-77(65)92(74)78-52-60(39-42-87-78)84(13,14)58-27-16-15-17-28-58)93-64-48-57(79-70(82(7,8)9)29-24-30-71(79)83(10,11)12)47-62(53-64)91-56-88(75-33-18-19-34-76(75)91)55-69-66(72-31-25-45-89-43-22-20-40-85(72)89)50-61(81(4,5)6)51-67(69)73-32-26-46-90-44-23-21-41-86(73)90/h15-54H,55-56H2,1-14H3/i13D3,14D3. The minimum Gasteiger partial charge on any atom is -0.457 e. The molecular weight excluding hydrogens is 1130 g/mol. The third kappa shape index (κ3) is 11.3. The van der Waals surface area contributed by atoms with Crippen LogP contribution in [-0.2, 0) is 33.6 Å². The van der Waals surface area contributed by atoms with Crippen LogP contribution in [0.25, 0.3) is 49.7 Å². The molecule has 0 amide bonds. The summed E-state index contributed by atoms with van der Waals surface area (Å²) in [6.45, 7) is 22.5. The fourth-order valence-electron chi connectivity index (χ4n) is 14.2. The lowest BCUT2D eigenvalue weighted by atomic mass is 9.48. The minimum atomic E-state index is -2.99. The monoisotopic (exact) mass is 1220 g/mol. The predicted molar refractivity (Wildman–Crippen MR) is 396 cm³/mol. The quantitative estimate of drug-likeness (QED) is 0.120. The maximum absolute atomic E-state index is 9.07. The summed E-state index contributed by atoms with van der Waals surface area (Å²) in [5.74, 6) is 6.19. The number of rotatable bonds is 11. The minimum absolute atomic E-state index is 0.0127. The molecular formula is C84H86B2N6O. The molecule has 7 aromatic carbocycles. The van der Waals surface area contributed by atoms with Crippen LogP contribution < -0.4 is 14.5 Å². The molecule has 5 aliphatic rings. The summed E-state index contributed by atoms with van der Waals surface area (Å²) < 4.78 is 63.9. The van der Waals surface area contributed by atoms with E-state index >= 15 is 0 Å². The summed E-state index contributed by atoms with van der Waals surface area (Å²) in [7, 11) is 0. The zero-order valence-corrected chi connectivity index (χ0v) is 55.8. The van der Waals surface area contributed by atoms with Crippen molar-refractivity contribution >= 4 is 63.5 Å². The lowest BCUT2D eigenvalue weighted by molar-refractivity contribution is 0.483. The number of hydrogen-bond acceptors (Lipinski definition) is 6. The Kier molecular flexibility index (Phi) is 13.4. The third-order valence-electron chi connectivity index (χ3n) is 19.2. The van der Waals surface area contributed by atoms with Crippen molar-refractivity contribution in [2.24, 2.45) is 0 Å². The second-order valence-corrected chi connectivity index (χ2v) is 29.8. The first-order chi connectivity index (χ1) is 46.9. The van der Waals surface area contributed by atoms with Gasteiger partial charge in [-0.1, -0.05) is 212 Å². The van der Waals surface area contributed by atoms with E-state index in [1.165, 1.54) is 56.1 Å². The normalized spacial score (nSPS) is 16.8. The van der Waals surface area contributed by atoms with Crippen LogP contribution in [0.2, 0.25) is 0 Å². The molecule has 0 fully saturated rings. The van der Waals surface area contributed by atoms with Crippen LogP contribution in [0.3, 0.4) is 0 Å². The molecule has 14 rings (SSSR count). The number of ether oxygens (including phenoxy) is 1. The molecule has 9 heteroatoms. The Morgan fingerprint density at radius 3 is 1.74 bits per heavy atom. The number of fused-ring (bicyclic) bond motifs is 6. The van der Waals surface area contributed by atoms with E-state index in [0.717, 1.165) is 50.0 Å². The van der Waals surface area contributed by atoms with E-state index in [1.807, 2.05) is 16.7 Å². The molecule has 5 aliphatic heterocycles. The highest BCUT2D eigenvalue weighted by atomic mass is 16.5. The lowest BCUT2D eigenvalue weighted by Crippen LogP contribution is -2.37. The maximum atomic E-state index is 9.07. The molecule has 0 bridgehead atoms. The van der Waals surface area contributed by atoms with Crippen LogP contribution in [0.4, 0.5) is 17.1 Å². The summed E-state index contributed by atoms with van der Waals surface area (Å²) in [4.78, 5) is 14.6. The van der Waals surface area contributed by atoms with Crippen LogP contribution in [0.5, 0.6) is 11.5 Å². The number of para-hydroxylation sites is 2. The molecule has 0 spiro atoms. The number of aromatic nitrogens is 2. The van der Waals surface area contributed by atoms with Gasteiger partial charge in [0.1, 0.15) is 17.3 Å². The van der Waals surface area contributed by atoms with Gasteiger partial charge in [0.15, 0.2) is 0 Å². The molecule has 0 aliphatic carbocycles. The smallest absolute Gasteiger partial charge is 0.320 e. The van der Waals surface area contributed by atoms with Gasteiger partial charge in [0.25, 0.3) is 0 Å². The zero-order valence-electron chi connectivity index (χ0n) is 61.8. The zero-order chi connectivity index (χ0) is 69.9. The number of hydrogen-bond donors (Lipinski definition) is 0. The van der Waals surface area contributed by atoms with E-state index in [0.29, 0.717) is 30.5 Å². The second-order valence-electron chi connectivity index (χ2n) is 29.8. The van der Waals surface area contributed by atoms with Crippen molar-refractivity contribution in [3.05, 3.63) is 293 Å². The van der Waals surface area contributed by atoms with E-state index in [4.69, 9.17) is 17.9 Å². The first-order valence-corrected chi connectivity index (χ1v) is 32.8. The van der Waals surface area contributed by atoms with Crippen LogP contribution in [0.1, 0.15) is 155 Å². The van der Waals surface area contributed by atoms with Crippen molar-refractivity contribution in [1.82, 2.24) is 19.2 Å². The molecule has 9 aromatic rings. The molecule has 7 nitrogen and oxygen atoms in total. The number of pyridine rings is 1. The van der Waals surface area contributed by atoms with Crippen molar-refractivity contribution in [3.63, 3.8) is 0 Å². The highest BCUT2D eigenvalue weighted by Gasteiger charge is 2.37. The van der Waals surface area contributed by atoms with Gasteiger partial charge < -0.3 is 24.2 Å². The highest BCUT2D eigenvalue weighted by Crippen LogP contribution is 2.50. The van der Waals surface area contributed by atoms with Gasteiger partial charge in [-0.05, 0) is 204 Å². The molecule has 0 unspecified atom stereocenters. The van der Waals surface area contributed by atoms with Gasteiger partial charge >= 0.3 is 13.7 Å². The van der Waals surface area contributed by atoms with E-state index < -0.39 is 19.1 Å². The highest BCUT2D eigenvalue weighted by molar-refractivity contribution is 6.83. The van der Waals surface area contributed by atoms with Crippen LogP contribution in [0.15, 0.2) is 243 Å². The van der Waals surface area contributed by atoms with Crippen molar-refractivity contribution in [2.75, 3.05) is 16.5 Å². The average Bonchev–Trinajstić information content (AvgIpc) is 1.72. The number of allylic oxidation sites excluding steroid dienone is 8. The summed E-state index contributed by atoms with van der Waals surface area (Å²) >= 11 is 0. The number of benzene rings is 7. The lowest BCUT2D eigenvalue weighted by Gasteiger charge is -2.35. The fourth-order valence-corrected chi connectivity index (χ4v) is 14.2. The van der Waals surface area contributed by atoms with Crippen LogP contribution in [-0.4, -0.2) is 39.5 Å². The molecule has 0 radical (unpaired) electrons. The van der Waals surface area contributed by atoms with Gasteiger partial charge in [-0.3, -0.25) is 4.57 Å². The summed E-state index contributed by atoms with van der Waals surface area (Å²) in [6, 6.07) is 51.4. The van der Waals surface area contributed by atoms with E-state index in [-0.39, 0.29) is 46.5 Å². The molecule has 7 heterocycles. The maximum Gasteiger partial charge on any atom is 0.320 e. The van der Waals surface area contributed by atoms with Gasteiger partial charge in [0.05, 0.1) is 29.1 Å². The first-order valence-electron chi connectivity index (χ1n) is 35.8. The topological polar surface area (TPSA) is 40.0 Å². The predicted octanol–water partition coefficient (Wildman–Crippen LogP) is 21.0. The Morgan fingerprint density at radius 2 is 1.12 bits per heavy atom. The number of anilines is 3. The van der Waals surface area contributed by atoms with Crippen molar-refractivity contribution in [3.8, 4) is 28.4 Å². The molecule has 0 N–H and O–H groups in total. The molecule has 93 heavy (non-hydrogen) atoms. The van der Waals surface area contributed by atoms with Gasteiger partial charge in [-0.15, -0.1) is 0 Å². The van der Waals surface area contributed by atoms with E-state index in [2.05, 4.69) is 285 Å². The Labute approximate surface area is 561 Å². The summed E-state index contributed by atoms with van der Waals surface area (Å²) in [5.41, 5.74) is 15.1. The molecule has 0 saturated heterocycles. The SMILES string of the molecule is [2H]C([2H])([2H])C(c1ccccc1)(c1ccnc(-n2c3ccc(C(C)(C)C)cc3c3ccc(Oc4cc(-c5c(C(C)(C)C)cccc5C(C)(C)C)cc(N5CN(Cc6c(C7=CC=CN8C=CC=CB78)cc(C(C)(C)C)cc6C6=CC=CN7C=CC=CB67)c6ccccc65)c4)cc32)c1)C([2H])([2H])[2H]. The van der Waals surface area contributed by atoms with Gasteiger partial charge in [-0.2, -0.15) is 0 Å². The Morgan fingerprint density at radius 1 is 0.495 bits per heavy atom. The van der Waals surface area contributed by atoms with Crippen molar-refractivity contribution < 1.29 is 13.0 Å². The molecule has 464 valence electrons. The molecule has 2 aromatic heterocycles. The van der Waals surface area contributed by atoms with Gasteiger partial charge in [0, 0.05) is 55.0 Å². The first kappa shape index (κ1) is 54.1. The average molecular weight is 1220 g/mol. The van der Waals surface area contributed by atoms with Crippen LogP contribution in [0, 0.1) is 0 Å². The molecule has 0 atom stereocenters. The summed E-state index contributed by atoms with van der Waals surface area (Å²) in [6.07, 6.45) is 27.8. The Bertz CT molecular complexity index is 4830. The fraction of sp³-hybridized carbons (Fsp3) is 0.250.